The van der Waals surface area contributed by atoms with E-state index < -0.39 is 17.5 Å². The van der Waals surface area contributed by atoms with E-state index in [4.69, 9.17) is 4.74 Å². The Labute approximate surface area is 121 Å². The van der Waals surface area contributed by atoms with Gasteiger partial charge in [-0.15, -0.1) is 0 Å². The second kappa shape index (κ2) is 6.63. The molecule has 0 aliphatic heterocycles. The van der Waals surface area contributed by atoms with Gasteiger partial charge in [-0.1, -0.05) is 19.9 Å². The summed E-state index contributed by atoms with van der Waals surface area (Å²) in [4.78, 5) is 0. The fraction of sp³-hybridized carbons (Fsp3) is 0.250. The molecular formula is C16H16F3NO. The van der Waals surface area contributed by atoms with E-state index in [1.807, 2.05) is 13.8 Å². The lowest BCUT2D eigenvalue weighted by Gasteiger charge is -2.14. The average Bonchev–Trinajstić information content (AvgIpc) is 2.42. The van der Waals surface area contributed by atoms with Gasteiger partial charge >= 0.3 is 0 Å². The molecule has 0 aliphatic rings. The Balaban J connectivity index is 2.31. The van der Waals surface area contributed by atoms with Crippen molar-refractivity contribution in [2.24, 2.45) is 0 Å². The SMILES string of the molecule is CC(C)NCc1c(F)cccc1Oc1cc(F)ccc1F. The van der Waals surface area contributed by atoms with Crippen LogP contribution in [0.3, 0.4) is 0 Å². The van der Waals surface area contributed by atoms with Gasteiger partial charge in [-0.3, -0.25) is 0 Å². The van der Waals surface area contributed by atoms with E-state index in [2.05, 4.69) is 5.32 Å². The number of rotatable bonds is 5. The Morgan fingerprint density at radius 1 is 1.00 bits per heavy atom. The molecule has 0 heterocycles. The van der Waals surface area contributed by atoms with Crippen molar-refractivity contribution in [3.63, 3.8) is 0 Å². The van der Waals surface area contributed by atoms with Gasteiger partial charge in [0.1, 0.15) is 17.4 Å². The lowest BCUT2D eigenvalue weighted by Crippen LogP contribution is -2.22. The van der Waals surface area contributed by atoms with Crippen molar-refractivity contribution in [1.82, 2.24) is 5.32 Å². The third-order valence-electron chi connectivity index (χ3n) is 2.88. The van der Waals surface area contributed by atoms with Crippen molar-refractivity contribution < 1.29 is 17.9 Å². The van der Waals surface area contributed by atoms with E-state index in [9.17, 15) is 13.2 Å². The minimum Gasteiger partial charge on any atom is -0.454 e. The quantitative estimate of drug-likeness (QED) is 0.883. The van der Waals surface area contributed by atoms with E-state index in [0.29, 0.717) is 0 Å². The maximum atomic E-state index is 13.9. The van der Waals surface area contributed by atoms with Crippen LogP contribution < -0.4 is 10.1 Å². The topological polar surface area (TPSA) is 21.3 Å². The van der Waals surface area contributed by atoms with E-state index >= 15 is 0 Å². The summed E-state index contributed by atoms with van der Waals surface area (Å²) < 4.78 is 46.0. The highest BCUT2D eigenvalue weighted by Crippen LogP contribution is 2.29. The maximum absolute atomic E-state index is 13.9. The molecule has 0 aromatic heterocycles. The minimum absolute atomic E-state index is 0.156. The molecule has 0 unspecified atom stereocenters. The fourth-order valence-electron chi connectivity index (χ4n) is 1.79. The zero-order valence-electron chi connectivity index (χ0n) is 11.8. The van der Waals surface area contributed by atoms with Crippen molar-refractivity contribution >= 4 is 0 Å². The molecule has 0 atom stereocenters. The van der Waals surface area contributed by atoms with Crippen LogP contribution in [0.5, 0.6) is 11.5 Å². The Hall–Kier alpha value is -2.01. The predicted molar refractivity (Wildman–Crippen MR) is 74.8 cm³/mol. The van der Waals surface area contributed by atoms with Gasteiger partial charge in [0.05, 0.1) is 0 Å². The van der Waals surface area contributed by atoms with Crippen molar-refractivity contribution in [2.45, 2.75) is 26.4 Å². The van der Waals surface area contributed by atoms with Gasteiger partial charge in [-0.2, -0.15) is 0 Å². The van der Waals surface area contributed by atoms with Crippen molar-refractivity contribution in [1.29, 1.82) is 0 Å². The first-order chi connectivity index (χ1) is 9.97. The molecule has 0 saturated carbocycles. The lowest BCUT2D eigenvalue weighted by atomic mass is 10.1. The number of nitrogens with one attached hydrogen (secondary N) is 1. The normalized spacial score (nSPS) is 11.0. The van der Waals surface area contributed by atoms with Gasteiger partial charge in [0, 0.05) is 24.2 Å². The Kier molecular flexibility index (Phi) is 4.85. The second-order valence-electron chi connectivity index (χ2n) is 4.93. The summed E-state index contributed by atoms with van der Waals surface area (Å²) in [7, 11) is 0. The van der Waals surface area contributed by atoms with Gasteiger partial charge in [0.15, 0.2) is 11.6 Å². The Morgan fingerprint density at radius 3 is 2.48 bits per heavy atom. The highest BCUT2D eigenvalue weighted by molar-refractivity contribution is 5.39. The van der Waals surface area contributed by atoms with Gasteiger partial charge in [-0.05, 0) is 24.3 Å². The largest absolute Gasteiger partial charge is 0.454 e. The first-order valence-electron chi connectivity index (χ1n) is 6.61. The zero-order valence-corrected chi connectivity index (χ0v) is 11.8. The Bertz CT molecular complexity index is 629. The number of ether oxygens (including phenoxy) is 1. The molecule has 5 heteroatoms. The first-order valence-corrected chi connectivity index (χ1v) is 6.61. The molecule has 0 saturated heterocycles. The summed E-state index contributed by atoms with van der Waals surface area (Å²) in [6.45, 7) is 4.08. The summed E-state index contributed by atoms with van der Waals surface area (Å²) in [5.41, 5.74) is 0.273. The molecule has 2 aromatic carbocycles. The predicted octanol–water partition coefficient (Wildman–Crippen LogP) is 4.39. The first kappa shape index (κ1) is 15.4. The van der Waals surface area contributed by atoms with Gasteiger partial charge in [-0.25, -0.2) is 13.2 Å². The summed E-state index contributed by atoms with van der Waals surface area (Å²) >= 11 is 0. The smallest absolute Gasteiger partial charge is 0.165 e. The maximum Gasteiger partial charge on any atom is 0.165 e. The third kappa shape index (κ3) is 3.98. The summed E-state index contributed by atoms with van der Waals surface area (Å²) in [5.74, 6) is -1.90. The molecule has 0 fully saturated rings. The standard InChI is InChI=1S/C16H16F3NO/c1-10(2)20-9-12-13(18)4-3-5-15(12)21-16-8-11(17)6-7-14(16)19/h3-8,10,20H,9H2,1-2H3. The fourth-order valence-corrected chi connectivity index (χ4v) is 1.79. The summed E-state index contributed by atoms with van der Waals surface area (Å²) in [5, 5.41) is 3.07. The number of hydrogen-bond acceptors (Lipinski definition) is 2. The van der Waals surface area contributed by atoms with Crippen LogP contribution in [0, 0.1) is 17.5 Å². The molecule has 0 spiro atoms. The molecule has 0 bridgehead atoms. The van der Waals surface area contributed by atoms with Crippen LogP contribution >= 0.6 is 0 Å². The molecule has 0 radical (unpaired) electrons. The average molecular weight is 295 g/mol. The summed E-state index contributed by atoms with van der Waals surface area (Å²) in [6, 6.07) is 7.33. The van der Waals surface area contributed by atoms with Crippen molar-refractivity contribution in [2.75, 3.05) is 0 Å². The van der Waals surface area contributed by atoms with Crippen LogP contribution in [0.15, 0.2) is 36.4 Å². The molecular weight excluding hydrogens is 279 g/mol. The van der Waals surface area contributed by atoms with Crippen LogP contribution in [0.25, 0.3) is 0 Å². The second-order valence-corrected chi connectivity index (χ2v) is 4.93. The van der Waals surface area contributed by atoms with E-state index in [-0.39, 0.29) is 29.6 Å². The van der Waals surface area contributed by atoms with Crippen LogP contribution in [0.2, 0.25) is 0 Å². The molecule has 21 heavy (non-hydrogen) atoms. The molecule has 0 amide bonds. The van der Waals surface area contributed by atoms with Crippen LogP contribution in [0.4, 0.5) is 13.2 Å². The van der Waals surface area contributed by atoms with E-state index in [1.54, 1.807) is 0 Å². The number of benzene rings is 2. The molecule has 1 N–H and O–H groups in total. The number of hydrogen-bond donors (Lipinski definition) is 1. The highest BCUT2D eigenvalue weighted by Gasteiger charge is 2.13. The molecule has 2 aromatic rings. The third-order valence-corrected chi connectivity index (χ3v) is 2.88. The van der Waals surface area contributed by atoms with Crippen LogP contribution in [-0.4, -0.2) is 6.04 Å². The zero-order chi connectivity index (χ0) is 15.4. The Morgan fingerprint density at radius 2 is 1.76 bits per heavy atom. The lowest BCUT2D eigenvalue weighted by molar-refractivity contribution is 0.422. The highest BCUT2D eigenvalue weighted by atomic mass is 19.1. The van der Waals surface area contributed by atoms with Crippen LogP contribution in [-0.2, 0) is 6.54 Å². The number of halogens is 3. The van der Waals surface area contributed by atoms with E-state index in [0.717, 1.165) is 18.2 Å². The van der Waals surface area contributed by atoms with Gasteiger partial charge < -0.3 is 10.1 Å². The summed E-state index contributed by atoms with van der Waals surface area (Å²) in [6.07, 6.45) is 0. The van der Waals surface area contributed by atoms with Gasteiger partial charge in [0.25, 0.3) is 0 Å². The van der Waals surface area contributed by atoms with Crippen LogP contribution in [0.1, 0.15) is 19.4 Å². The monoisotopic (exact) mass is 295 g/mol. The molecule has 0 aliphatic carbocycles. The molecule has 2 rings (SSSR count). The molecule has 2 nitrogen and oxygen atoms in total. The molecule has 112 valence electrons. The van der Waals surface area contributed by atoms with E-state index in [1.165, 1.54) is 18.2 Å². The minimum atomic E-state index is -0.705. The van der Waals surface area contributed by atoms with Crippen molar-refractivity contribution in [3.05, 3.63) is 59.4 Å². The van der Waals surface area contributed by atoms with Crippen molar-refractivity contribution in [3.8, 4) is 11.5 Å². The van der Waals surface area contributed by atoms with Gasteiger partial charge in [0.2, 0.25) is 0 Å².